The minimum atomic E-state index is -0.997. The number of nitrogens with two attached hydrogens (primary N) is 2. The van der Waals surface area contributed by atoms with Crippen LogP contribution in [0.2, 0.25) is 0 Å². The lowest BCUT2D eigenvalue weighted by atomic mass is 9.51. The van der Waals surface area contributed by atoms with Crippen LogP contribution in [0.15, 0.2) is 11.4 Å². The number of urea groups is 2. The minimum Gasteiger partial charge on any atom is -0.385 e. The molecule has 0 aromatic carbocycles. The summed E-state index contributed by atoms with van der Waals surface area (Å²) in [6.07, 6.45) is 4.49. The second-order valence-corrected chi connectivity index (χ2v) is 10.7. The fourth-order valence-electron chi connectivity index (χ4n) is 6.58. The van der Waals surface area contributed by atoms with E-state index in [9.17, 15) is 24.0 Å². The van der Waals surface area contributed by atoms with Gasteiger partial charge in [0.1, 0.15) is 23.5 Å². The fourth-order valence-corrected chi connectivity index (χ4v) is 6.58. The zero-order valence-corrected chi connectivity index (χ0v) is 21.9. The molecule has 0 unspecified atom stereocenters. The van der Waals surface area contributed by atoms with Crippen molar-refractivity contribution in [2.45, 2.75) is 69.9 Å². The van der Waals surface area contributed by atoms with E-state index in [2.05, 4.69) is 0 Å². The summed E-state index contributed by atoms with van der Waals surface area (Å²) < 4.78 is 5.14. The molecule has 2 saturated carbocycles. The van der Waals surface area contributed by atoms with E-state index in [0.29, 0.717) is 44.9 Å². The molecule has 0 bridgehead atoms. The normalized spacial score (nSPS) is 29.6. The van der Waals surface area contributed by atoms with E-state index in [0.717, 1.165) is 21.1 Å². The number of carbonyl (C=O) groups excluding carboxylic acids is 5. The van der Waals surface area contributed by atoms with Crippen molar-refractivity contribution in [1.82, 2.24) is 19.6 Å². The highest BCUT2D eigenvalue weighted by molar-refractivity contribution is 6.29. The van der Waals surface area contributed by atoms with E-state index in [4.69, 9.17) is 21.5 Å². The number of barbiturate groups is 1. The van der Waals surface area contributed by atoms with Crippen LogP contribution in [-0.2, 0) is 19.1 Å². The molecule has 2 saturated heterocycles. The van der Waals surface area contributed by atoms with Crippen molar-refractivity contribution in [2.24, 2.45) is 16.9 Å². The number of hydrogen-bond donors (Lipinski definition) is 2. The molecule has 2 aliphatic carbocycles. The van der Waals surface area contributed by atoms with Crippen LogP contribution in [0.25, 0.3) is 0 Å². The molecular weight excluding hydrogens is 494 g/mol. The molecule has 0 atom stereocenters. The van der Waals surface area contributed by atoms with Crippen LogP contribution in [0.5, 0.6) is 0 Å². The Kier molecular flexibility index (Phi) is 7.38. The second-order valence-electron chi connectivity index (χ2n) is 10.7. The molecular formula is C25H35N7O6. The van der Waals surface area contributed by atoms with Crippen LogP contribution in [0.1, 0.15) is 58.3 Å². The van der Waals surface area contributed by atoms with Gasteiger partial charge in [-0.2, -0.15) is 5.26 Å². The largest absolute Gasteiger partial charge is 0.385 e. The molecule has 2 spiro atoms. The Balaban J connectivity index is 1.50. The van der Waals surface area contributed by atoms with Crippen molar-refractivity contribution >= 4 is 29.8 Å². The molecule has 13 nitrogen and oxygen atoms in total. The number of methoxy groups -OCH3 is 1. The Labute approximate surface area is 221 Å². The monoisotopic (exact) mass is 529 g/mol. The number of carbonyl (C=O) groups is 5. The standard InChI is InChI=1S/C25H35N7O6/c1-3-4-10-29-19(33)17(18(27)28)20(34)32(23(29)37)16-5-7-24(8-6-16)14-25(15-24)21(35)30(11-9-26)22(36)31(25)12-13-38-2/h16H,3-8,10-15,27-28H2,1-2H3. The molecule has 0 aromatic heterocycles. The number of nitriles is 1. The zero-order valence-electron chi connectivity index (χ0n) is 21.9. The Hall–Kier alpha value is -3.66. The molecule has 4 rings (SSSR count). The van der Waals surface area contributed by atoms with E-state index in [1.54, 1.807) is 0 Å². The maximum absolute atomic E-state index is 13.3. The van der Waals surface area contributed by atoms with Gasteiger partial charge < -0.3 is 21.1 Å². The maximum atomic E-state index is 13.3. The van der Waals surface area contributed by atoms with Gasteiger partial charge in [-0.15, -0.1) is 0 Å². The molecule has 4 fully saturated rings. The summed E-state index contributed by atoms with van der Waals surface area (Å²) in [6, 6.07) is 0.324. The number of amides is 7. The van der Waals surface area contributed by atoms with Crippen molar-refractivity contribution in [3.05, 3.63) is 11.4 Å². The van der Waals surface area contributed by atoms with E-state index >= 15 is 0 Å². The SMILES string of the molecule is CCCCN1C(=O)C(=C(N)N)C(=O)N(C2CCC3(CC2)CC2(C3)C(=O)N(CC#N)C(=O)N2CCOC)C1=O. The van der Waals surface area contributed by atoms with Crippen LogP contribution < -0.4 is 11.5 Å². The summed E-state index contributed by atoms with van der Waals surface area (Å²) >= 11 is 0. The van der Waals surface area contributed by atoms with Gasteiger partial charge in [0.15, 0.2) is 0 Å². The van der Waals surface area contributed by atoms with Gasteiger partial charge in [0, 0.05) is 26.2 Å². The molecule has 13 heteroatoms. The highest BCUT2D eigenvalue weighted by Gasteiger charge is 2.68. The van der Waals surface area contributed by atoms with Gasteiger partial charge >= 0.3 is 12.1 Å². The molecule has 0 radical (unpaired) electrons. The minimum absolute atomic E-state index is 0.167. The highest BCUT2D eigenvalue weighted by Crippen LogP contribution is 2.61. The lowest BCUT2D eigenvalue weighted by Gasteiger charge is -2.59. The number of ether oxygens (including phenoxy) is 1. The molecule has 0 aromatic rings. The van der Waals surface area contributed by atoms with Crippen molar-refractivity contribution < 1.29 is 28.7 Å². The Bertz CT molecular complexity index is 1110. The lowest BCUT2D eigenvalue weighted by molar-refractivity contribution is -0.151. The Morgan fingerprint density at radius 3 is 2.24 bits per heavy atom. The number of unbranched alkanes of at least 4 members (excludes halogenated alkanes) is 1. The summed E-state index contributed by atoms with van der Waals surface area (Å²) in [7, 11) is 1.52. The predicted molar refractivity (Wildman–Crippen MR) is 132 cm³/mol. The summed E-state index contributed by atoms with van der Waals surface area (Å²) in [5.41, 5.74) is 9.75. The second kappa shape index (κ2) is 10.2. The van der Waals surface area contributed by atoms with Gasteiger partial charge in [-0.25, -0.2) is 14.5 Å². The average Bonchev–Trinajstić information content (AvgIpc) is 3.04. The number of nitrogens with zero attached hydrogens (tertiary/aromatic N) is 5. The topological polar surface area (TPSA) is 183 Å². The van der Waals surface area contributed by atoms with E-state index in [1.807, 2.05) is 13.0 Å². The van der Waals surface area contributed by atoms with Crippen LogP contribution in [0, 0.1) is 16.7 Å². The number of imide groups is 3. The molecule has 4 aliphatic rings. The molecule has 2 aliphatic heterocycles. The van der Waals surface area contributed by atoms with Crippen LogP contribution in [0.4, 0.5) is 9.59 Å². The van der Waals surface area contributed by atoms with Crippen LogP contribution in [-0.4, -0.2) is 94.3 Å². The lowest BCUT2D eigenvalue weighted by Crippen LogP contribution is -2.66. The molecule has 206 valence electrons. The van der Waals surface area contributed by atoms with Crippen LogP contribution in [0.3, 0.4) is 0 Å². The Morgan fingerprint density at radius 1 is 1.03 bits per heavy atom. The van der Waals surface area contributed by atoms with Gasteiger partial charge in [0.2, 0.25) is 0 Å². The summed E-state index contributed by atoms with van der Waals surface area (Å²) in [5.74, 6) is -2.30. The molecule has 2 heterocycles. The smallest absolute Gasteiger partial charge is 0.334 e. The van der Waals surface area contributed by atoms with Gasteiger partial charge in [-0.05, 0) is 50.4 Å². The number of hydrogen-bond acceptors (Lipinski definition) is 9. The summed E-state index contributed by atoms with van der Waals surface area (Å²) in [5, 5.41) is 9.12. The average molecular weight is 530 g/mol. The number of rotatable bonds is 8. The maximum Gasteiger partial charge on any atom is 0.334 e. The summed E-state index contributed by atoms with van der Waals surface area (Å²) in [4.78, 5) is 70.1. The molecule has 4 N–H and O–H groups in total. The first-order chi connectivity index (χ1) is 18.1. The van der Waals surface area contributed by atoms with Gasteiger partial charge in [-0.3, -0.25) is 24.2 Å². The highest BCUT2D eigenvalue weighted by atomic mass is 16.5. The van der Waals surface area contributed by atoms with Gasteiger partial charge in [0.25, 0.3) is 17.7 Å². The van der Waals surface area contributed by atoms with E-state index < -0.39 is 41.3 Å². The Morgan fingerprint density at radius 2 is 1.68 bits per heavy atom. The predicted octanol–water partition coefficient (Wildman–Crippen LogP) is 0.602. The molecule has 38 heavy (non-hydrogen) atoms. The first kappa shape index (κ1) is 27.4. The van der Waals surface area contributed by atoms with Crippen molar-refractivity contribution in [1.29, 1.82) is 5.26 Å². The van der Waals surface area contributed by atoms with E-state index in [-0.39, 0.29) is 43.1 Å². The fraction of sp³-hybridized carbons (Fsp3) is 0.680. The zero-order chi connectivity index (χ0) is 27.8. The van der Waals surface area contributed by atoms with Gasteiger partial charge in [0.05, 0.1) is 12.7 Å². The third-order valence-electron chi connectivity index (χ3n) is 8.44. The first-order valence-electron chi connectivity index (χ1n) is 13.0. The van der Waals surface area contributed by atoms with Crippen molar-refractivity contribution in [3.8, 4) is 6.07 Å². The molecule has 7 amide bonds. The first-order valence-corrected chi connectivity index (χ1v) is 13.0. The third kappa shape index (κ3) is 4.16. The van der Waals surface area contributed by atoms with Gasteiger partial charge in [-0.1, -0.05) is 13.3 Å². The van der Waals surface area contributed by atoms with E-state index in [1.165, 1.54) is 12.0 Å². The van der Waals surface area contributed by atoms with Crippen molar-refractivity contribution in [2.75, 3.05) is 33.4 Å². The third-order valence-corrected chi connectivity index (χ3v) is 8.44. The van der Waals surface area contributed by atoms with Crippen LogP contribution >= 0.6 is 0 Å². The quantitative estimate of drug-likeness (QED) is 0.197. The van der Waals surface area contributed by atoms with Crippen molar-refractivity contribution in [3.63, 3.8) is 0 Å². The summed E-state index contributed by atoms with van der Waals surface area (Å²) in [6.45, 7) is 2.31.